The zero-order chi connectivity index (χ0) is 24.5. The van der Waals surface area contributed by atoms with Gasteiger partial charge in [-0.2, -0.15) is 0 Å². The molecule has 174 valence electrons. The van der Waals surface area contributed by atoms with Gasteiger partial charge in [0, 0.05) is 29.1 Å². The van der Waals surface area contributed by atoms with E-state index in [4.69, 9.17) is 16.3 Å². The van der Waals surface area contributed by atoms with Crippen molar-refractivity contribution in [3.8, 4) is 11.5 Å². The van der Waals surface area contributed by atoms with Gasteiger partial charge in [0.1, 0.15) is 11.5 Å². The summed E-state index contributed by atoms with van der Waals surface area (Å²) >= 11 is 5.99. The van der Waals surface area contributed by atoms with Gasteiger partial charge in [-0.25, -0.2) is 0 Å². The molecule has 4 nitrogen and oxygen atoms in total. The van der Waals surface area contributed by atoms with Crippen molar-refractivity contribution in [1.29, 1.82) is 0 Å². The van der Waals surface area contributed by atoms with Gasteiger partial charge in [0.2, 0.25) is 5.91 Å². The lowest BCUT2D eigenvalue weighted by Gasteiger charge is -2.10. The average Bonchev–Trinajstić information content (AvgIpc) is 2.89. The molecule has 0 aliphatic heterocycles. The fraction of sp³-hybridized carbons (Fsp3) is 0.0667. The molecule has 0 radical (unpaired) electrons. The van der Waals surface area contributed by atoms with Crippen LogP contribution in [0.15, 0.2) is 115 Å². The van der Waals surface area contributed by atoms with Crippen molar-refractivity contribution in [1.82, 2.24) is 5.32 Å². The molecule has 0 aromatic heterocycles. The molecule has 1 amide bonds. The van der Waals surface area contributed by atoms with E-state index in [1.807, 2.05) is 72.8 Å². The van der Waals surface area contributed by atoms with Crippen LogP contribution >= 0.6 is 11.6 Å². The Labute approximate surface area is 209 Å². The minimum Gasteiger partial charge on any atom is -0.457 e. The van der Waals surface area contributed by atoms with Crippen LogP contribution in [0.25, 0.3) is 6.08 Å². The summed E-state index contributed by atoms with van der Waals surface area (Å²) in [6.07, 6.45) is 1.68. The van der Waals surface area contributed by atoms with Gasteiger partial charge in [0.05, 0.1) is 0 Å². The lowest BCUT2D eigenvalue weighted by molar-refractivity contribution is -0.117. The lowest BCUT2D eigenvalue weighted by Crippen LogP contribution is -2.25. The highest BCUT2D eigenvalue weighted by Crippen LogP contribution is 2.23. The summed E-state index contributed by atoms with van der Waals surface area (Å²) in [4.78, 5) is 26.1. The molecular weight excluding hydrogens is 458 g/mol. The molecule has 0 unspecified atom stereocenters. The first-order valence-corrected chi connectivity index (χ1v) is 11.6. The molecule has 1 N–H and O–H groups in total. The van der Waals surface area contributed by atoms with Crippen LogP contribution in [0, 0.1) is 0 Å². The van der Waals surface area contributed by atoms with Crippen molar-refractivity contribution in [2.45, 2.75) is 13.0 Å². The minimum atomic E-state index is -0.291. The quantitative estimate of drug-likeness (QED) is 0.205. The number of rotatable bonds is 9. The number of benzene rings is 4. The molecule has 0 saturated heterocycles. The molecule has 4 rings (SSSR count). The molecule has 0 heterocycles. The van der Waals surface area contributed by atoms with Crippen LogP contribution in [0.4, 0.5) is 0 Å². The van der Waals surface area contributed by atoms with Gasteiger partial charge in [-0.1, -0.05) is 72.3 Å². The minimum absolute atomic E-state index is 0.0395. The van der Waals surface area contributed by atoms with Gasteiger partial charge in [0.25, 0.3) is 0 Å². The van der Waals surface area contributed by atoms with Crippen molar-refractivity contribution in [2.24, 2.45) is 0 Å². The Balaban J connectivity index is 1.48. The largest absolute Gasteiger partial charge is 0.457 e. The van der Waals surface area contributed by atoms with Crippen molar-refractivity contribution in [3.05, 3.63) is 136 Å². The Hall–Kier alpha value is -4.15. The summed E-state index contributed by atoms with van der Waals surface area (Å²) in [5, 5.41) is 3.52. The second-order valence-corrected chi connectivity index (χ2v) is 8.37. The number of para-hydroxylation sites is 1. The summed E-state index contributed by atoms with van der Waals surface area (Å²) in [6.45, 7) is 0.372. The van der Waals surface area contributed by atoms with E-state index in [9.17, 15) is 9.59 Å². The maximum atomic E-state index is 13.1. The fourth-order valence-electron chi connectivity index (χ4n) is 3.46. The highest BCUT2D eigenvalue weighted by atomic mass is 35.5. The summed E-state index contributed by atoms with van der Waals surface area (Å²) < 4.78 is 5.80. The Morgan fingerprint density at radius 2 is 1.34 bits per heavy atom. The first kappa shape index (κ1) is 24.0. The monoisotopic (exact) mass is 481 g/mol. The Morgan fingerprint density at radius 1 is 0.743 bits per heavy atom. The predicted molar refractivity (Wildman–Crippen MR) is 140 cm³/mol. The van der Waals surface area contributed by atoms with Crippen LogP contribution < -0.4 is 10.1 Å². The molecule has 4 aromatic rings. The van der Waals surface area contributed by atoms with Crippen LogP contribution in [-0.2, 0) is 11.3 Å². The maximum Gasteiger partial charge on any atom is 0.247 e. The van der Waals surface area contributed by atoms with Crippen LogP contribution in [0.1, 0.15) is 27.9 Å². The van der Waals surface area contributed by atoms with E-state index >= 15 is 0 Å². The third kappa shape index (κ3) is 7.16. The first-order valence-electron chi connectivity index (χ1n) is 11.2. The molecule has 0 aliphatic carbocycles. The highest BCUT2D eigenvalue weighted by Gasteiger charge is 2.16. The van der Waals surface area contributed by atoms with E-state index in [-0.39, 0.29) is 18.1 Å². The zero-order valence-electron chi connectivity index (χ0n) is 19.0. The van der Waals surface area contributed by atoms with Gasteiger partial charge in [-0.05, 0) is 65.7 Å². The third-order valence-corrected chi connectivity index (χ3v) is 5.56. The van der Waals surface area contributed by atoms with Crippen LogP contribution in [0.2, 0.25) is 5.02 Å². The molecular formula is C30H24ClNO3. The third-order valence-electron chi connectivity index (χ3n) is 5.30. The predicted octanol–water partition coefficient (Wildman–Crippen LogP) is 7.11. The topological polar surface area (TPSA) is 55.4 Å². The summed E-state index contributed by atoms with van der Waals surface area (Å²) in [5.41, 5.74) is 2.65. The number of hydrogen-bond donors (Lipinski definition) is 1. The number of hydrogen-bond acceptors (Lipinski definition) is 3. The van der Waals surface area contributed by atoms with Crippen molar-refractivity contribution >= 4 is 29.4 Å². The number of Topliss-reactive ketones (excluding diaryl/α,β-unsaturated/α-hetero) is 1. The van der Waals surface area contributed by atoms with Crippen LogP contribution in [0.3, 0.4) is 0 Å². The molecule has 0 saturated carbocycles. The molecule has 4 aromatic carbocycles. The molecule has 0 atom stereocenters. The zero-order valence-corrected chi connectivity index (χ0v) is 19.7. The number of carbonyl (C=O) groups is 2. The lowest BCUT2D eigenvalue weighted by atomic mass is 10.00. The molecule has 0 spiro atoms. The summed E-state index contributed by atoms with van der Waals surface area (Å²) in [6, 6.07) is 33.1. The average molecular weight is 482 g/mol. The molecule has 35 heavy (non-hydrogen) atoms. The molecule has 5 heteroatoms. The fourth-order valence-corrected chi connectivity index (χ4v) is 3.58. The highest BCUT2D eigenvalue weighted by molar-refractivity contribution is 6.30. The standard InChI is InChI=1S/C30H24ClNO3/c31-26-15-11-22(12-16-26)19-25(30(34)32-21-23-7-3-1-4-8-23)20-29(33)24-13-17-28(18-14-24)35-27-9-5-2-6-10-27/h1-19H,20-21H2,(H,32,34)/b25-19+. The van der Waals surface area contributed by atoms with E-state index < -0.39 is 0 Å². The number of halogens is 1. The first-order chi connectivity index (χ1) is 17.1. The van der Waals surface area contributed by atoms with Gasteiger partial charge in [-0.3, -0.25) is 9.59 Å². The van der Waals surface area contributed by atoms with Crippen LogP contribution in [0.5, 0.6) is 11.5 Å². The van der Waals surface area contributed by atoms with E-state index in [2.05, 4.69) is 5.32 Å². The van der Waals surface area contributed by atoms with E-state index in [0.717, 1.165) is 16.9 Å². The Morgan fingerprint density at radius 3 is 2.00 bits per heavy atom. The normalized spacial score (nSPS) is 11.1. The second-order valence-electron chi connectivity index (χ2n) is 7.93. The summed E-state index contributed by atoms with van der Waals surface area (Å²) in [7, 11) is 0. The van der Waals surface area contributed by atoms with Crippen molar-refractivity contribution in [2.75, 3.05) is 0 Å². The SMILES string of the molecule is O=C(NCc1ccccc1)/C(=C/c1ccc(Cl)cc1)CC(=O)c1ccc(Oc2ccccc2)cc1. The van der Waals surface area contributed by atoms with Crippen molar-refractivity contribution < 1.29 is 14.3 Å². The second kappa shape index (κ2) is 11.8. The van der Waals surface area contributed by atoms with Gasteiger partial charge >= 0.3 is 0 Å². The Bertz CT molecular complexity index is 1300. The van der Waals surface area contributed by atoms with Gasteiger partial charge < -0.3 is 10.1 Å². The van der Waals surface area contributed by atoms with E-state index in [1.165, 1.54) is 0 Å². The molecule has 0 fully saturated rings. The van der Waals surface area contributed by atoms with Gasteiger partial charge in [0.15, 0.2) is 5.78 Å². The smallest absolute Gasteiger partial charge is 0.247 e. The molecule has 0 bridgehead atoms. The number of amides is 1. The van der Waals surface area contributed by atoms with Gasteiger partial charge in [-0.15, -0.1) is 0 Å². The maximum absolute atomic E-state index is 13.1. The van der Waals surface area contributed by atoms with Crippen molar-refractivity contribution in [3.63, 3.8) is 0 Å². The number of ether oxygens (including phenoxy) is 1. The molecule has 0 aliphatic rings. The summed E-state index contributed by atoms with van der Waals surface area (Å²) in [5.74, 6) is 0.896. The van der Waals surface area contributed by atoms with Crippen LogP contribution in [-0.4, -0.2) is 11.7 Å². The number of carbonyl (C=O) groups excluding carboxylic acids is 2. The van der Waals surface area contributed by atoms with E-state index in [0.29, 0.717) is 28.5 Å². The Kier molecular flexibility index (Phi) is 8.10. The van der Waals surface area contributed by atoms with E-state index in [1.54, 1.807) is 42.5 Å². The number of nitrogens with one attached hydrogen (secondary N) is 1. The number of ketones is 1.